The van der Waals surface area contributed by atoms with Crippen LogP contribution in [0.2, 0.25) is 0 Å². The van der Waals surface area contributed by atoms with Crippen LogP contribution in [0, 0.1) is 0 Å². The van der Waals surface area contributed by atoms with Crippen molar-refractivity contribution >= 4 is 16.3 Å². The molecule has 0 amide bonds. The maximum Gasteiger partial charge on any atom is 0.234 e. The third-order valence-electron chi connectivity index (χ3n) is 4.18. The molecule has 0 N–H and O–H groups in total. The van der Waals surface area contributed by atoms with Crippen LogP contribution in [0.1, 0.15) is 11.4 Å². The molecule has 27 heavy (non-hydrogen) atoms. The summed E-state index contributed by atoms with van der Waals surface area (Å²) in [5, 5.41) is 14.1. The fraction of sp³-hybridized carbons (Fsp3) is 0.211. The average molecular weight is 382 g/mol. The predicted molar refractivity (Wildman–Crippen MR) is 103 cm³/mol. The Balaban J connectivity index is 1.66. The second-order valence-corrected chi connectivity index (χ2v) is 6.77. The number of nitrogens with zero attached hydrogens (tertiary/aromatic N) is 4. The van der Waals surface area contributed by atoms with Crippen molar-refractivity contribution in [2.24, 2.45) is 0 Å². The Morgan fingerprint density at radius 1 is 0.926 bits per heavy atom. The minimum atomic E-state index is 0.586. The van der Waals surface area contributed by atoms with Gasteiger partial charge in [-0.05, 0) is 29.8 Å². The maximum absolute atomic E-state index is 5.37. The first kappa shape index (κ1) is 17.3. The minimum Gasteiger partial charge on any atom is -0.497 e. The summed E-state index contributed by atoms with van der Waals surface area (Å²) in [5.74, 6) is 2.94. The van der Waals surface area contributed by atoms with Crippen LogP contribution in [0.15, 0.2) is 42.5 Å². The molecule has 0 unspecified atom stereocenters. The van der Waals surface area contributed by atoms with Crippen LogP contribution >= 0.6 is 11.3 Å². The van der Waals surface area contributed by atoms with Gasteiger partial charge in [-0.2, -0.15) is 9.61 Å². The van der Waals surface area contributed by atoms with Crippen LogP contribution in [0.3, 0.4) is 0 Å². The Bertz CT molecular complexity index is 1090. The van der Waals surface area contributed by atoms with Gasteiger partial charge in [-0.1, -0.05) is 29.5 Å². The van der Waals surface area contributed by atoms with Crippen molar-refractivity contribution in [2.45, 2.75) is 6.42 Å². The summed E-state index contributed by atoms with van der Waals surface area (Å²) in [6, 6.07) is 13.6. The third-order valence-corrected chi connectivity index (χ3v) is 5.13. The maximum atomic E-state index is 5.37. The van der Waals surface area contributed by atoms with E-state index in [2.05, 4.69) is 15.3 Å². The standard InChI is InChI=1S/C19H18N4O3S/c1-24-14-6-4-5-13(11-14)18-22-23-17(20-21-19(23)27-18)10-12-7-8-15(25-2)16(9-12)26-3/h4-9,11H,10H2,1-3H3. The molecule has 4 rings (SSSR count). The molecule has 0 aliphatic heterocycles. The van der Waals surface area contributed by atoms with E-state index in [0.717, 1.165) is 32.7 Å². The van der Waals surface area contributed by atoms with Crippen molar-refractivity contribution in [3.8, 4) is 27.8 Å². The van der Waals surface area contributed by atoms with E-state index < -0.39 is 0 Å². The molecule has 138 valence electrons. The van der Waals surface area contributed by atoms with E-state index in [-0.39, 0.29) is 0 Å². The Labute approximate surface area is 160 Å². The molecule has 0 radical (unpaired) electrons. The summed E-state index contributed by atoms with van der Waals surface area (Å²) in [4.78, 5) is 0.753. The molecule has 0 aliphatic rings. The average Bonchev–Trinajstić information content (AvgIpc) is 3.30. The number of methoxy groups -OCH3 is 3. The van der Waals surface area contributed by atoms with Crippen molar-refractivity contribution in [2.75, 3.05) is 21.3 Å². The molecule has 8 heteroatoms. The van der Waals surface area contributed by atoms with Crippen LogP contribution in [0.4, 0.5) is 0 Å². The lowest BCUT2D eigenvalue weighted by Gasteiger charge is -2.08. The summed E-state index contributed by atoms with van der Waals surface area (Å²) >= 11 is 1.49. The number of fused-ring (bicyclic) bond motifs is 1. The van der Waals surface area contributed by atoms with Gasteiger partial charge in [0.15, 0.2) is 17.3 Å². The molecule has 0 aliphatic carbocycles. The first-order valence-electron chi connectivity index (χ1n) is 8.28. The van der Waals surface area contributed by atoms with Crippen molar-refractivity contribution in [3.05, 3.63) is 53.9 Å². The summed E-state index contributed by atoms with van der Waals surface area (Å²) in [6.07, 6.45) is 0.586. The second kappa shape index (κ2) is 7.24. The van der Waals surface area contributed by atoms with Gasteiger partial charge < -0.3 is 14.2 Å². The minimum absolute atomic E-state index is 0.586. The van der Waals surface area contributed by atoms with E-state index in [1.165, 1.54) is 11.3 Å². The van der Waals surface area contributed by atoms with Gasteiger partial charge in [-0.3, -0.25) is 0 Å². The molecule has 2 heterocycles. The molecule has 0 atom stereocenters. The topological polar surface area (TPSA) is 70.8 Å². The van der Waals surface area contributed by atoms with Gasteiger partial charge in [0.1, 0.15) is 10.8 Å². The molecule has 2 aromatic carbocycles. The number of ether oxygens (including phenoxy) is 3. The van der Waals surface area contributed by atoms with Gasteiger partial charge >= 0.3 is 0 Å². The number of hydrogen-bond donors (Lipinski definition) is 0. The van der Waals surface area contributed by atoms with Crippen LogP contribution in [0.5, 0.6) is 17.2 Å². The fourth-order valence-corrected chi connectivity index (χ4v) is 3.67. The van der Waals surface area contributed by atoms with Crippen LogP contribution < -0.4 is 14.2 Å². The molecule has 4 aromatic rings. The van der Waals surface area contributed by atoms with Crippen LogP contribution in [0.25, 0.3) is 15.5 Å². The van der Waals surface area contributed by atoms with E-state index in [9.17, 15) is 0 Å². The quantitative estimate of drug-likeness (QED) is 0.509. The van der Waals surface area contributed by atoms with E-state index >= 15 is 0 Å². The number of aromatic nitrogens is 4. The highest BCUT2D eigenvalue weighted by molar-refractivity contribution is 7.19. The summed E-state index contributed by atoms with van der Waals surface area (Å²) in [5.41, 5.74) is 2.03. The van der Waals surface area contributed by atoms with Crippen molar-refractivity contribution in [1.82, 2.24) is 19.8 Å². The van der Waals surface area contributed by atoms with E-state index in [1.807, 2.05) is 42.5 Å². The van der Waals surface area contributed by atoms with Gasteiger partial charge in [-0.25, -0.2) is 0 Å². The number of benzene rings is 2. The van der Waals surface area contributed by atoms with Gasteiger partial charge in [0.2, 0.25) is 4.96 Å². The summed E-state index contributed by atoms with van der Waals surface area (Å²) in [6.45, 7) is 0. The smallest absolute Gasteiger partial charge is 0.234 e. The van der Waals surface area contributed by atoms with Crippen molar-refractivity contribution in [1.29, 1.82) is 0 Å². The molecule has 7 nitrogen and oxygen atoms in total. The molecule has 0 fully saturated rings. The van der Waals surface area contributed by atoms with Crippen molar-refractivity contribution in [3.63, 3.8) is 0 Å². The monoisotopic (exact) mass is 382 g/mol. The van der Waals surface area contributed by atoms with Crippen LogP contribution in [-0.4, -0.2) is 41.1 Å². The van der Waals surface area contributed by atoms with E-state index in [4.69, 9.17) is 14.2 Å². The Hall–Kier alpha value is -3.13. The zero-order chi connectivity index (χ0) is 18.8. The van der Waals surface area contributed by atoms with Gasteiger partial charge in [-0.15, -0.1) is 10.2 Å². The lowest BCUT2D eigenvalue weighted by atomic mass is 10.1. The fourth-order valence-electron chi connectivity index (χ4n) is 2.81. The molecule has 2 aromatic heterocycles. The lowest BCUT2D eigenvalue weighted by Crippen LogP contribution is -1.99. The number of hydrogen-bond acceptors (Lipinski definition) is 7. The molecular weight excluding hydrogens is 364 g/mol. The Kier molecular flexibility index (Phi) is 4.64. The third kappa shape index (κ3) is 3.31. The molecule has 0 saturated carbocycles. The van der Waals surface area contributed by atoms with Gasteiger partial charge in [0, 0.05) is 12.0 Å². The Morgan fingerprint density at radius 3 is 2.56 bits per heavy atom. The SMILES string of the molecule is COc1cccc(-c2nn3c(Cc4ccc(OC)c(OC)c4)nnc3s2)c1. The van der Waals surface area contributed by atoms with E-state index in [1.54, 1.807) is 25.8 Å². The highest BCUT2D eigenvalue weighted by Gasteiger charge is 2.15. The zero-order valence-electron chi connectivity index (χ0n) is 15.2. The molecule has 0 saturated heterocycles. The largest absolute Gasteiger partial charge is 0.497 e. The molecular formula is C19H18N4O3S. The van der Waals surface area contributed by atoms with E-state index in [0.29, 0.717) is 17.9 Å². The van der Waals surface area contributed by atoms with Crippen molar-refractivity contribution < 1.29 is 14.2 Å². The highest BCUT2D eigenvalue weighted by atomic mass is 32.1. The summed E-state index contributed by atoms with van der Waals surface area (Å²) in [7, 11) is 4.89. The van der Waals surface area contributed by atoms with Gasteiger partial charge in [0.25, 0.3) is 0 Å². The first-order chi connectivity index (χ1) is 13.2. The predicted octanol–water partition coefficient (Wildman–Crippen LogP) is 3.47. The highest BCUT2D eigenvalue weighted by Crippen LogP contribution is 2.30. The number of rotatable bonds is 6. The normalized spacial score (nSPS) is 10.9. The molecule has 0 spiro atoms. The van der Waals surface area contributed by atoms with Crippen LogP contribution in [-0.2, 0) is 6.42 Å². The second-order valence-electron chi connectivity index (χ2n) is 5.82. The first-order valence-corrected chi connectivity index (χ1v) is 9.10. The molecule has 0 bridgehead atoms. The Morgan fingerprint density at radius 2 is 1.78 bits per heavy atom. The lowest BCUT2D eigenvalue weighted by molar-refractivity contribution is 0.354. The zero-order valence-corrected chi connectivity index (χ0v) is 16.0. The van der Waals surface area contributed by atoms with Gasteiger partial charge in [0.05, 0.1) is 21.3 Å². The summed E-state index contributed by atoms with van der Waals surface area (Å²) < 4.78 is 17.7.